The van der Waals surface area contributed by atoms with Crippen molar-refractivity contribution in [3.8, 4) is 0 Å². The van der Waals surface area contributed by atoms with Crippen LogP contribution in [0.2, 0.25) is 0 Å². The van der Waals surface area contributed by atoms with Crippen LogP contribution in [-0.2, 0) is 9.53 Å². The van der Waals surface area contributed by atoms with Gasteiger partial charge in [-0.2, -0.15) is 5.10 Å². The van der Waals surface area contributed by atoms with Crippen LogP contribution in [-0.4, -0.2) is 59.5 Å². The molecule has 0 radical (unpaired) electrons. The maximum absolute atomic E-state index is 12.1. The number of nitrogens with one attached hydrogen (secondary N) is 1. The summed E-state index contributed by atoms with van der Waals surface area (Å²) >= 11 is 0. The Bertz CT molecular complexity index is 435. The van der Waals surface area contributed by atoms with Gasteiger partial charge < -0.3 is 10.1 Å². The van der Waals surface area contributed by atoms with Crippen molar-refractivity contribution in [2.75, 3.05) is 32.8 Å². The Morgan fingerprint density at radius 3 is 2.67 bits per heavy atom. The molecule has 1 amide bonds. The summed E-state index contributed by atoms with van der Waals surface area (Å²) in [7, 11) is 0. The number of hydrogen-bond donors (Lipinski definition) is 1. The third kappa shape index (κ3) is 4.04. The van der Waals surface area contributed by atoms with E-state index < -0.39 is 0 Å². The maximum atomic E-state index is 12.1. The Balaban J connectivity index is 1.39. The van der Waals surface area contributed by atoms with Crippen LogP contribution in [0.4, 0.5) is 0 Å². The van der Waals surface area contributed by atoms with Crippen molar-refractivity contribution in [1.82, 2.24) is 20.0 Å². The second-order valence-corrected chi connectivity index (χ2v) is 5.95. The third-order valence-corrected chi connectivity index (χ3v) is 4.43. The Hall–Kier alpha value is -1.40. The van der Waals surface area contributed by atoms with Gasteiger partial charge in [-0.1, -0.05) is 0 Å². The van der Waals surface area contributed by atoms with Crippen LogP contribution >= 0.6 is 0 Å². The number of aromatic nitrogens is 2. The van der Waals surface area contributed by atoms with Crippen molar-refractivity contribution in [3.63, 3.8) is 0 Å². The van der Waals surface area contributed by atoms with E-state index in [0.29, 0.717) is 18.6 Å². The minimum absolute atomic E-state index is 0.152. The van der Waals surface area contributed by atoms with E-state index in [1.165, 1.54) is 0 Å². The molecule has 6 nitrogen and oxygen atoms in total. The summed E-state index contributed by atoms with van der Waals surface area (Å²) in [6.45, 7) is 3.70. The summed E-state index contributed by atoms with van der Waals surface area (Å²) in [6.07, 6.45) is 8.12. The highest BCUT2D eigenvalue weighted by Gasteiger charge is 2.24. The first-order chi connectivity index (χ1) is 10.3. The molecule has 1 aliphatic carbocycles. The predicted molar refractivity (Wildman–Crippen MR) is 78.9 cm³/mol. The molecule has 1 aromatic heterocycles. The topological polar surface area (TPSA) is 59.4 Å². The molecule has 1 saturated carbocycles. The van der Waals surface area contributed by atoms with Gasteiger partial charge in [0, 0.05) is 31.5 Å². The second kappa shape index (κ2) is 7.04. The summed E-state index contributed by atoms with van der Waals surface area (Å²) in [5.41, 5.74) is 0. The fourth-order valence-electron chi connectivity index (χ4n) is 3.22. The quantitative estimate of drug-likeness (QED) is 0.892. The lowest BCUT2D eigenvalue weighted by molar-refractivity contribution is -0.124. The second-order valence-electron chi connectivity index (χ2n) is 5.95. The normalized spacial score (nSPS) is 27.4. The molecule has 2 fully saturated rings. The van der Waals surface area contributed by atoms with Crippen molar-refractivity contribution in [2.45, 2.75) is 37.8 Å². The molecule has 1 N–H and O–H groups in total. The van der Waals surface area contributed by atoms with Crippen molar-refractivity contribution in [1.29, 1.82) is 0 Å². The van der Waals surface area contributed by atoms with Gasteiger partial charge in [0.25, 0.3) is 0 Å². The fourth-order valence-corrected chi connectivity index (χ4v) is 3.22. The summed E-state index contributed by atoms with van der Waals surface area (Å²) in [5.74, 6) is 0.152. The van der Waals surface area contributed by atoms with Crippen LogP contribution in [0.1, 0.15) is 31.7 Å². The highest BCUT2D eigenvalue weighted by molar-refractivity contribution is 5.78. The Morgan fingerprint density at radius 2 is 2.00 bits per heavy atom. The van der Waals surface area contributed by atoms with Gasteiger partial charge in [0.15, 0.2) is 0 Å². The van der Waals surface area contributed by atoms with Gasteiger partial charge in [0.05, 0.1) is 25.8 Å². The van der Waals surface area contributed by atoms with E-state index in [0.717, 1.165) is 52.0 Å². The van der Waals surface area contributed by atoms with Gasteiger partial charge in [-0.05, 0) is 31.7 Å². The molecule has 0 atom stereocenters. The van der Waals surface area contributed by atoms with E-state index in [2.05, 4.69) is 15.3 Å². The average Bonchev–Trinajstić information content (AvgIpc) is 3.03. The number of amides is 1. The lowest BCUT2D eigenvalue weighted by atomic mass is 9.91. The lowest BCUT2D eigenvalue weighted by Crippen LogP contribution is -2.46. The van der Waals surface area contributed by atoms with Gasteiger partial charge in [-0.3, -0.25) is 14.4 Å². The van der Waals surface area contributed by atoms with Crippen molar-refractivity contribution < 1.29 is 9.53 Å². The molecule has 2 heterocycles. The molecule has 2 aliphatic rings. The van der Waals surface area contributed by atoms with Crippen LogP contribution in [0.3, 0.4) is 0 Å². The highest BCUT2D eigenvalue weighted by atomic mass is 16.5. The zero-order valence-corrected chi connectivity index (χ0v) is 12.4. The number of hydrogen-bond acceptors (Lipinski definition) is 4. The molecule has 116 valence electrons. The van der Waals surface area contributed by atoms with E-state index in [4.69, 9.17) is 4.74 Å². The van der Waals surface area contributed by atoms with Crippen LogP contribution in [0.5, 0.6) is 0 Å². The van der Waals surface area contributed by atoms with Gasteiger partial charge >= 0.3 is 0 Å². The Labute approximate surface area is 125 Å². The van der Waals surface area contributed by atoms with Crippen LogP contribution < -0.4 is 5.32 Å². The van der Waals surface area contributed by atoms with E-state index in [-0.39, 0.29) is 5.91 Å². The first-order valence-electron chi connectivity index (χ1n) is 7.90. The largest absolute Gasteiger partial charge is 0.379 e. The summed E-state index contributed by atoms with van der Waals surface area (Å²) < 4.78 is 7.34. The van der Waals surface area contributed by atoms with E-state index in [1.54, 1.807) is 0 Å². The van der Waals surface area contributed by atoms with Crippen LogP contribution in [0, 0.1) is 0 Å². The lowest BCUT2D eigenvalue weighted by Gasteiger charge is -2.31. The first-order valence-corrected chi connectivity index (χ1v) is 7.90. The number of nitrogens with zero attached hydrogens (tertiary/aromatic N) is 3. The van der Waals surface area contributed by atoms with Crippen LogP contribution in [0.15, 0.2) is 18.5 Å². The highest BCUT2D eigenvalue weighted by Crippen LogP contribution is 2.27. The van der Waals surface area contributed by atoms with Crippen LogP contribution in [0.25, 0.3) is 0 Å². The molecular weight excluding hydrogens is 268 g/mol. The van der Waals surface area contributed by atoms with E-state index >= 15 is 0 Å². The van der Waals surface area contributed by atoms with E-state index in [9.17, 15) is 4.79 Å². The van der Waals surface area contributed by atoms with Crippen molar-refractivity contribution in [3.05, 3.63) is 18.5 Å². The molecular formula is C15H24N4O2. The number of morpholine rings is 1. The molecule has 3 rings (SSSR count). The number of carbonyl (C=O) groups is 1. The number of ether oxygens (including phenoxy) is 1. The molecule has 6 heteroatoms. The summed E-state index contributed by atoms with van der Waals surface area (Å²) in [4.78, 5) is 14.2. The molecule has 0 bridgehead atoms. The van der Waals surface area contributed by atoms with E-state index in [1.807, 2.05) is 23.1 Å². The third-order valence-electron chi connectivity index (χ3n) is 4.43. The van der Waals surface area contributed by atoms with Gasteiger partial charge in [0.2, 0.25) is 5.91 Å². The monoisotopic (exact) mass is 292 g/mol. The minimum atomic E-state index is 0.152. The first kappa shape index (κ1) is 14.5. The number of rotatable bonds is 4. The number of carbonyl (C=O) groups excluding carboxylic acids is 1. The van der Waals surface area contributed by atoms with Crippen molar-refractivity contribution >= 4 is 5.91 Å². The molecule has 0 unspecified atom stereocenters. The Kier molecular flexibility index (Phi) is 4.87. The predicted octanol–water partition coefficient (Wildman–Crippen LogP) is 0.815. The van der Waals surface area contributed by atoms with Crippen molar-refractivity contribution in [2.24, 2.45) is 0 Å². The van der Waals surface area contributed by atoms with Gasteiger partial charge in [-0.25, -0.2) is 0 Å². The summed E-state index contributed by atoms with van der Waals surface area (Å²) in [6, 6.07) is 2.79. The smallest absolute Gasteiger partial charge is 0.234 e. The SMILES string of the molecule is O=C(CN1CCOCC1)NC1CCC(n2cccn2)CC1. The summed E-state index contributed by atoms with van der Waals surface area (Å²) in [5, 5.41) is 7.49. The molecule has 1 aliphatic heterocycles. The molecule has 1 saturated heterocycles. The maximum Gasteiger partial charge on any atom is 0.234 e. The average molecular weight is 292 g/mol. The molecule has 0 spiro atoms. The molecule has 1 aromatic rings. The fraction of sp³-hybridized carbons (Fsp3) is 0.733. The molecule has 21 heavy (non-hydrogen) atoms. The zero-order valence-electron chi connectivity index (χ0n) is 12.4. The Morgan fingerprint density at radius 1 is 1.24 bits per heavy atom. The van der Waals surface area contributed by atoms with Gasteiger partial charge in [0.1, 0.15) is 0 Å². The molecule has 0 aromatic carbocycles. The zero-order chi connectivity index (χ0) is 14.5. The van der Waals surface area contributed by atoms with Gasteiger partial charge in [-0.15, -0.1) is 0 Å². The minimum Gasteiger partial charge on any atom is -0.379 e. The standard InChI is InChI=1S/C15H24N4O2/c20-15(12-18-8-10-21-11-9-18)17-13-2-4-14(5-3-13)19-7-1-6-16-19/h1,6-7,13-14H,2-5,8-12H2,(H,17,20).